The number of rotatable bonds is 7. The fraction of sp³-hybridized carbons (Fsp3) is 0.350. The molecule has 0 unspecified atom stereocenters. The van der Waals surface area contributed by atoms with Gasteiger partial charge in [-0.25, -0.2) is 0 Å². The van der Waals surface area contributed by atoms with Crippen LogP contribution in [0.1, 0.15) is 18.4 Å². The van der Waals surface area contributed by atoms with Crippen molar-refractivity contribution in [2.75, 3.05) is 33.8 Å². The van der Waals surface area contributed by atoms with Crippen LogP contribution < -0.4 is 24.3 Å². The normalized spacial score (nSPS) is 14.3. The molecule has 144 valence electrons. The third-order valence-corrected chi connectivity index (χ3v) is 5.14. The molecule has 0 bridgehead atoms. The van der Waals surface area contributed by atoms with Crippen molar-refractivity contribution in [3.05, 3.63) is 40.9 Å². The summed E-state index contributed by atoms with van der Waals surface area (Å²) < 4.78 is 21.2. The second kappa shape index (κ2) is 7.56. The first-order valence-corrected chi connectivity index (χ1v) is 8.82. The van der Waals surface area contributed by atoms with Crippen molar-refractivity contribution in [3.8, 4) is 23.0 Å². The Morgan fingerprint density at radius 3 is 2.07 bits per heavy atom. The number of anilines is 1. The van der Waals surface area contributed by atoms with Gasteiger partial charge in [0.15, 0.2) is 11.5 Å². The Morgan fingerprint density at radius 2 is 1.52 bits per heavy atom. The second-order valence-electron chi connectivity index (χ2n) is 6.29. The number of nitrogens with one attached hydrogen (secondary N) is 1. The van der Waals surface area contributed by atoms with E-state index in [0.717, 1.165) is 18.4 Å². The van der Waals surface area contributed by atoms with Crippen LogP contribution in [0.2, 0.25) is 5.02 Å². The first-order valence-electron chi connectivity index (χ1n) is 8.44. The van der Waals surface area contributed by atoms with E-state index in [1.54, 1.807) is 26.4 Å². The van der Waals surface area contributed by atoms with E-state index in [4.69, 9.17) is 30.5 Å². The predicted octanol–water partition coefficient (Wildman–Crippen LogP) is 4.04. The summed E-state index contributed by atoms with van der Waals surface area (Å²) in [7, 11) is 6.20. The first-order chi connectivity index (χ1) is 13.0. The minimum Gasteiger partial charge on any atom is -0.495 e. The van der Waals surface area contributed by atoms with Crippen molar-refractivity contribution < 1.29 is 23.7 Å². The molecule has 2 aromatic rings. The molecule has 0 atom stereocenters. The fourth-order valence-electron chi connectivity index (χ4n) is 3.11. The van der Waals surface area contributed by atoms with E-state index in [2.05, 4.69) is 5.32 Å². The molecule has 6 nitrogen and oxygen atoms in total. The number of ether oxygens (including phenoxy) is 4. The van der Waals surface area contributed by atoms with E-state index in [1.165, 1.54) is 14.2 Å². The molecule has 1 saturated carbocycles. The van der Waals surface area contributed by atoms with E-state index in [-0.39, 0.29) is 5.91 Å². The van der Waals surface area contributed by atoms with Crippen LogP contribution >= 0.6 is 11.6 Å². The molecule has 0 saturated heterocycles. The van der Waals surface area contributed by atoms with Crippen molar-refractivity contribution in [2.45, 2.75) is 18.3 Å². The topological polar surface area (TPSA) is 66.0 Å². The van der Waals surface area contributed by atoms with Crippen molar-refractivity contribution >= 4 is 23.2 Å². The molecular formula is C20H22ClNO5. The van der Waals surface area contributed by atoms with E-state index in [1.807, 2.05) is 18.2 Å². The average Bonchev–Trinajstić information content (AvgIpc) is 3.50. The highest BCUT2D eigenvalue weighted by Gasteiger charge is 2.51. The average molecular weight is 392 g/mol. The van der Waals surface area contributed by atoms with Crippen LogP contribution in [0.5, 0.6) is 23.0 Å². The molecular weight excluding hydrogens is 370 g/mol. The standard InChI is InChI=1S/C20H22ClNO5/c1-24-15-6-5-12(9-18(15)27-4)20(7-8-20)19(23)22-14-11-16(25-2)13(21)10-17(14)26-3/h5-6,9-11H,7-8H2,1-4H3,(H,22,23). The maximum Gasteiger partial charge on any atom is 0.235 e. The molecule has 27 heavy (non-hydrogen) atoms. The number of carbonyl (C=O) groups excluding carboxylic acids is 1. The summed E-state index contributed by atoms with van der Waals surface area (Å²) >= 11 is 6.13. The Balaban J connectivity index is 1.90. The van der Waals surface area contributed by atoms with Gasteiger partial charge >= 0.3 is 0 Å². The lowest BCUT2D eigenvalue weighted by Gasteiger charge is -2.19. The molecule has 0 radical (unpaired) electrons. The zero-order valence-electron chi connectivity index (χ0n) is 15.7. The Hall–Kier alpha value is -2.60. The van der Waals surface area contributed by atoms with E-state index < -0.39 is 5.41 Å². The predicted molar refractivity (Wildman–Crippen MR) is 104 cm³/mol. The molecule has 3 rings (SSSR count). The fourth-order valence-corrected chi connectivity index (χ4v) is 3.34. The Morgan fingerprint density at radius 1 is 0.889 bits per heavy atom. The molecule has 7 heteroatoms. The van der Waals surface area contributed by atoms with Gasteiger partial charge in [-0.2, -0.15) is 0 Å². The Kier molecular flexibility index (Phi) is 5.37. The van der Waals surface area contributed by atoms with Gasteiger partial charge in [0.1, 0.15) is 11.5 Å². The number of hydrogen-bond acceptors (Lipinski definition) is 5. The summed E-state index contributed by atoms with van der Waals surface area (Å²) in [5.41, 5.74) is 0.797. The third kappa shape index (κ3) is 3.49. The molecule has 0 aliphatic heterocycles. The van der Waals surface area contributed by atoms with Crippen LogP contribution in [0.3, 0.4) is 0 Å². The molecule has 2 aromatic carbocycles. The van der Waals surface area contributed by atoms with Gasteiger partial charge in [0.05, 0.1) is 44.6 Å². The first kappa shape index (κ1) is 19.2. The van der Waals surface area contributed by atoms with Crippen molar-refractivity contribution in [2.24, 2.45) is 0 Å². The minimum absolute atomic E-state index is 0.114. The highest BCUT2D eigenvalue weighted by Crippen LogP contribution is 2.51. The monoisotopic (exact) mass is 391 g/mol. The van der Waals surface area contributed by atoms with E-state index in [9.17, 15) is 4.79 Å². The van der Waals surface area contributed by atoms with Crippen molar-refractivity contribution in [1.82, 2.24) is 0 Å². The van der Waals surface area contributed by atoms with Gasteiger partial charge in [0.2, 0.25) is 5.91 Å². The molecule has 0 heterocycles. The van der Waals surface area contributed by atoms with Crippen LogP contribution in [0.4, 0.5) is 5.69 Å². The van der Waals surface area contributed by atoms with Gasteiger partial charge in [0, 0.05) is 12.1 Å². The largest absolute Gasteiger partial charge is 0.495 e. The number of hydrogen-bond donors (Lipinski definition) is 1. The van der Waals surface area contributed by atoms with Gasteiger partial charge in [-0.05, 0) is 30.5 Å². The second-order valence-corrected chi connectivity index (χ2v) is 6.70. The maximum atomic E-state index is 13.1. The van der Waals surface area contributed by atoms with Gasteiger partial charge in [0.25, 0.3) is 0 Å². The highest BCUT2D eigenvalue weighted by atomic mass is 35.5. The molecule has 1 N–H and O–H groups in total. The summed E-state index contributed by atoms with van der Waals surface area (Å²) in [6, 6.07) is 8.84. The number of amides is 1. The SMILES string of the molecule is COc1cc(NC(=O)C2(c3ccc(OC)c(OC)c3)CC2)c(OC)cc1Cl. The highest BCUT2D eigenvalue weighted by molar-refractivity contribution is 6.32. The Bertz CT molecular complexity index is 864. The van der Waals surface area contributed by atoms with E-state index in [0.29, 0.717) is 33.7 Å². The van der Waals surface area contributed by atoms with Crippen LogP contribution in [0.15, 0.2) is 30.3 Å². The zero-order valence-corrected chi connectivity index (χ0v) is 16.5. The molecule has 0 spiro atoms. The number of methoxy groups -OCH3 is 4. The summed E-state index contributed by atoms with van der Waals surface area (Å²) in [4.78, 5) is 13.1. The number of benzene rings is 2. The van der Waals surface area contributed by atoms with Crippen LogP contribution in [0.25, 0.3) is 0 Å². The lowest BCUT2D eigenvalue weighted by molar-refractivity contribution is -0.118. The van der Waals surface area contributed by atoms with Gasteiger partial charge in [-0.1, -0.05) is 17.7 Å². The zero-order chi connectivity index (χ0) is 19.6. The van der Waals surface area contributed by atoms with Crippen molar-refractivity contribution in [1.29, 1.82) is 0 Å². The molecule has 1 fully saturated rings. The molecule has 1 aliphatic carbocycles. The minimum atomic E-state index is -0.600. The lowest BCUT2D eigenvalue weighted by atomic mass is 9.94. The van der Waals surface area contributed by atoms with Crippen LogP contribution in [-0.4, -0.2) is 34.3 Å². The summed E-state index contributed by atoms with van der Waals surface area (Å²) in [6.45, 7) is 0. The smallest absolute Gasteiger partial charge is 0.235 e. The maximum absolute atomic E-state index is 13.1. The van der Waals surface area contributed by atoms with Crippen LogP contribution in [-0.2, 0) is 10.2 Å². The number of carbonyl (C=O) groups is 1. The Labute approximate surface area is 163 Å². The van der Waals surface area contributed by atoms with E-state index >= 15 is 0 Å². The lowest BCUT2D eigenvalue weighted by Crippen LogP contribution is -2.28. The number of halogens is 1. The molecule has 1 aliphatic rings. The molecule has 1 amide bonds. The quantitative estimate of drug-likeness (QED) is 0.771. The molecule has 0 aromatic heterocycles. The van der Waals surface area contributed by atoms with Crippen LogP contribution in [0, 0.1) is 0 Å². The van der Waals surface area contributed by atoms with Gasteiger partial charge in [-0.15, -0.1) is 0 Å². The third-order valence-electron chi connectivity index (χ3n) is 4.84. The van der Waals surface area contributed by atoms with Crippen molar-refractivity contribution in [3.63, 3.8) is 0 Å². The van der Waals surface area contributed by atoms with Gasteiger partial charge in [-0.3, -0.25) is 4.79 Å². The summed E-state index contributed by atoms with van der Waals surface area (Å²) in [5.74, 6) is 2.04. The van der Waals surface area contributed by atoms with Gasteiger partial charge < -0.3 is 24.3 Å². The summed E-state index contributed by atoms with van der Waals surface area (Å²) in [6.07, 6.45) is 1.50. The summed E-state index contributed by atoms with van der Waals surface area (Å²) in [5, 5.41) is 3.37.